The average Bonchev–Trinajstić information content (AvgIpc) is 2.44. The Labute approximate surface area is 124 Å². The van der Waals surface area contributed by atoms with Crippen molar-refractivity contribution in [3.8, 4) is 0 Å². The molecule has 0 bridgehead atoms. The maximum absolute atomic E-state index is 5.83. The van der Waals surface area contributed by atoms with Crippen LogP contribution in [0.4, 0.5) is 11.8 Å². The van der Waals surface area contributed by atoms with Crippen molar-refractivity contribution in [1.29, 1.82) is 0 Å². The van der Waals surface area contributed by atoms with Crippen LogP contribution in [0.15, 0.2) is 30.6 Å². The van der Waals surface area contributed by atoms with Gasteiger partial charge in [0.2, 0.25) is 5.95 Å². The zero-order chi connectivity index (χ0) is 14.7. The van der Waals surface area contributed by atoms with Crippen molar-refractivity contribution in [2.45, 2.75) is 31.2 Å². The van der Waals surface area contributed by atoms with Crippen LogP contribution in [0.1, 0.15) is 30.0 Å². The lowest BCUT2D eigenvalue weighted by atomic mass is 9.78. The fourth-order valence-electron chi connectivity index (χ4n) is 2.57. The van der Waals surface area contributed by atoms with E-state index in [4.69, 9.17) is 11.5 Å². The number of hydrogen-bond donors (Lipinski definition) is 3. The lowest BCUT2D eigenvalue weighted by Crippen LogP contribution is -2.35. The van der Waals surface area contributed by atoms with Gasteiger partial charge in [0.05, 0.1) is 5.69 Å². The molecule has 1 fully saturated rings. The largest absolute Gasteiger partial charge is 0.370 e. The average molecular weight is 284 g/mol. The molecule has 110 valence electrons. The summed E-state index contributed by atoms with van der Waals surface area (Å²) in [5, 5.41) is 3.31. The standard InChI is InChI=1S/C15H20N6/c16-12-7-11(8-12)13-9-14(21-15(17)20-13)19-6-3-10-1-4-18-5-2-10/h1-2,4-5,9,11-12H,3,6-8,16H2,(H3,17,19,20,21). The van der Waals surface area contributed by atoms with Gasteiger partial charge in [0.15, 0.2) is 0 Å². The summed E-state index contributed by atoms with van der Waals surface area (Å²) in [7, 11) is 0. The van der Waals surface area contributed by atoms with E-state index in [0.29, 0.717) is 17.9 Å². The minimum absolute atomic E-state index is 0.300. The molecule has 1 saturated carbocycles. The van der Waals surface area contributed by atoms with Gasteiger partial charge in [-0.05, 0) is 37.0 Å². The molecular weight excluding hydrogens is 264 g/mol. The molecule has 0 unspecified atom stereocenters. The van der Waals surface area contributed by atoms with Gasteiger partial charge in [0, 0.05) is 37.0 Å². The van der Waals surface area contributed by atoms with Crippen LogP contribution in [-0.4, -0.2) is 27.5 Å². The highest BCUT2D eigenvalue weighted by Gasteiger charge is 2.28. The molecule has 3 rings (SSSR count). The van der Waals surface area contributed by atoms with Gasteiger partial charge in [-0.3, -0.25) is 4.98 Å². The first-order valence-electron chi connectivity index (χ1n) is 7.23. The number of nitrogens with two attached hydrogens (primary N) is 2. The number of nitrogen functional groups attached to an aromatic ring is 1. The first-order valence-corrected chi connectivity index (χ1v) is 7.23. The van der Waals surface area contributed by atoms with Gasteiger partial charge in [0.25, 0.3) is 0 Å². The molecule has 1 aliphatic rings. The van der Waals surface area contributed by atoms with E-state index in [0.717, 1.165) is 37.3 Å². The number of anilines is 2. The Balaban J connectivity index is 1.60. The van der Waals surface area contributed by atoms with Crippen molar-refractivity contribution in [3.63, 3.8) is 0 Å². The quantitative estimate of drug-likeness (QED) is 0.765. The molecule has 2 heterocycles. The second-order valence-electron chi connectivity index (χ2n) is 5.50. The van der Waals surface area contributed by atoms with Crippen LogP contribution in [0.25, 0.3) is 0 Å². The SMILES string of the molecule is Nc1nc(NCCc2ccncc2)cc(C2CC(N)C2)n1. The van der Waals surface area contributed by atoms with Gasteiger partial charge < -0.3 is 16.8 Å². The van der Waals surface area contributed by atoms with Gasteiger partial charge in [-0.1, -0.05) is 0 Å². The summed E-state index contributed by atoms with van der Waals surface area (Å²) in [6.07, 6.45) is 6.47. The molecular formula is C15H20N6. The van der Waals surface area contributed by atoms with Gasteiger partial charge >= 0.3 is 0 Å². The molecule has 1 aliphatic carbocycles. The summed E-state index contributed by atoms with van der Waals surface area (Å²) < 4.78 is 0. The second-order valence-corrected chi connectivity index (χ2v) is 5.50. The van der Waals surface area contributed by atoms with Crippen molar-refractivity contribution in [3.05, 3.63) is 41.9 Å². The Morgan fingerprint density at radius 2 is 1.95 bits per heavy atom. The minimum Gasteiger partial charge on any atom is -0.370 e. The Morgan fingerprint density at radius 1 is 1.19 bits per heavy atom. The van der Waals surface area contributed by atoms with Crippen LogP contribution in [0.2, 0.25) is 0 Å². The van der Waals surface area contributed by atoms with Gasteiger partial charge in [-0.25, -0.2) is 4.98 Å². The molecule has 5 N–H and O–H groups in total. The summed E-state index contributed by atoms with van der Waals surface area (Å²) in [5.41, 5.74) is 13.9. The highest BCUT2D eigenvalue weighted by Crippen LogP contribution is 2.35. The minimum atomic E-state index is 0.300. The lowest BCUT2D eigenvalue weighted by Gasteiger charge is -2.32. The van der Waals surface area contributed by atoms with E-state index in [-0.39, 0.29) is 0 Å². The Morgan fingerprint density at radius 3 is 2.67 bits per heavy atom. The maximum atomic E-state index is 5.83. The Kier molecular flexibility index (Phi) is 3.96. The first kappa shape index (κ1) is 13.8. The predicted octanol–water partition coefficient (Wildman–Crippen LogP) is 1.31. The Bertz CT molecular complexity index is 594. The van der Waals surface area contributed by atoms with Crippen molar-refractivity contribution < 1.29 is 0 Å². The van der Waals surface area contributed by atoms with E-state index in [1.807, 2.05) is 18.2 Å². The fraction of sp³-hybridized carbons (Fsp3) is 0.400. The van der Waals surface area contributed by atoms with Crippen LogP contribution in [0.3, 0.4) is 0 Å². The highest BCUT2D eigenvalue weighted by atomic mass is 15.1. The van der Waals surface area contributed by atoms with Crippen LogP contribution < -0.4 is 16.8 Å². The molecule has 0 amide bonds. The molecule has 6 heteroatoms. The van der Waals surface area contributed by atoms with E-state index in [9.17, 15) is 0 Å². The van der Waals surface area contributed by atoms with Crippen LogP contribution in [0, 0.1) is 0 Å². The first-order chi connectivity index (χ1) is 10.2. The number of hydrogen-bond acceptors (Lipinski definition) is 6. The highest BCUT2D eigenvalue weighted by molar-refractivity contribution is 5.42. The zero-order valence-corrected chi connectivity index (χ0v) is 11.9. The number of rotatable bonds is 5. The van der Waals surface area contributed by atoms with Crippen LogP contribution in [0.5, 0.6) is 0 Å². The smallest absolute Gasteiger partial charge is 0.222 e. The van der Waals surface area contributed by atoms with Crippen molar-refractivity contribution in [1.82, 2.24) is 15.0 Å². The Hall–Kier alpha value is -2.21. The van der Waals surface area contributed by atoms with Gasteiger partial charge in [-0.2, -0.15) is 4.98 Å². The monoisotopic (exact) mass is 284 g/mol. The molecule has 0 aromatic carbocycles. The molecule has 0 atom stereocenters. The molecule has 0 aliphatic heterocycles. The number of nitrogens with one attached hydrogen (secondary N) is 1. The number of pyridine rings is 1. The molecule has 0 spiro atoms. The molecule has 0 saturated heterocycles. The summed E-state index contributed by atoms with van der Waals surface area (Å²) in [6, 6.07) is 6.31. The summed E-state index contributed by atoms with van der Waals surface area (Å²) in [6.45, 7) is 0.796. The maximum Gasteiger partial charge on any atom is 0.222 e. The molecule has 2 aromatic heterocycles. The van der Waals surface area contributed by atoms with E-state index in [1.165, 1.54) is 5.56 Å². The summed E-state index contributed by atoms with van der Waals surface area (Å²) in [4.78, 5) is 12.6. The molecule has 0 radical (unpaired) electrons. The molecule has 21 heavy (non-hydrogen) atoms. The van der Waals surface area contributed by atoms with E-state index < -0.39 is 0 Å². The van der Waals surface area contributed by atoms with E-state index in [2.05, 4.69) is 20.3 Å². The van der Waals surface area contributed by atoms with Crippen molar-refractivity contribution >= 4 is 11.8 Å². The third-order valence-corrected chi connectivity index (χ3v) is 3.83. The second kappa shape index (κ2) is 6.05. The van der Waals surface area contributed by atoms with Gasteiger partial charge in [0.1, 0.15) is 5.82 Å². The van der Waals surface area contributed by atoms with Crippen molar-refractivity contribution in [2.24, 2.45) is 5.73 Å². The number of aromatic nitrogens is 3. The fourth-order valence-corrected chi connectivity index (χ4v) is 2.57. The normalized spacial score (nSPS) is 20.8. The summed E-state index contributed by atoms with van der Waals surface area (Å²) >= 11 is 0. The van der Waals surface area contributed by atoms with Crippen molar-refractivity contribution in [2.75, 3.05) is 17.6 Å². The summed E-state index contributed by atoms with van der Waals surface area (Å²) in [5.74, 6) is 1.53. The third-order valence-electron chi connectivity index (χ3n) is 3.83. The van der Waals surface area contributed by atoms with E-state index in [1.54, 1.807) is 12.4 Å². The topological polar surface area (TPSA) is 103 Å². The predicted molar refractivity (Wildman–Crippen MR) is 82.8 cm³/mol. The zero-order valence-electron chi connectivity index (χ0n) is 11.9. The van der Waals surface area contributed by atoms with Gasteiger partial charge in [-0.15, -0.1) is 0 Å². The lowest BCUT2D eigenvalue weighted by molar-refractivity contribution is 0.345. The molecule has 6 nitrogen and oxygen atoms in total. The van der Waals surface area contributed by atoms with E-state index >= 15 is 0 Å². The third kappa shape index (κ3) is 3.46. The molecule has 2 aromatic rings. The number of nitrogens with zero attached hydrogens (tertiary/aromatic N) is 3. The van der Waals surface area contributed by atoms with Crippen LogP contribution >= 0.6 is 0 Å². The van der Waals surface area contributed by atoms with Crippen LogP contribution in [-0.2, 0) is 6.42 Å².